The Hall–Kier alpha value is -4.19. The van der Waals surface area contributed by atoms with E-state index >= 15 is 0 Å². The van der Waals surface area contributed by atoms with Gasteiger partial charge in [0.15, 0.2) is 5.76 Å². The van der Waals surface area contributed by atoms with E-state index in [1.807, 2.05) is 75.4 Å². The molecule has 0 atom stereocenters. The molecule has 0 bridgehead atoms. The van der Waals surface area contributed by atoms with E-state index in [0.717, 1.165) is 57.5 Å². The van der Waals surface area contributed by atoms with Crippen molar-refractivity contribution >= 4 is 34.0 Å². The minimum absolute atomic E-state index is 0.268. The Morgan fingerprint density at radius 3 is 2.51 bits per heavy atom. The first kappa shape index (κ1) is 22.6. The van der Waals surface area contributed by atoms with E-state index in [9.17, 15) is 9.59 Å². The first-order valence-electron chi connectivity index (χ1n) is 11.8. The maximum atomic E-state index is 13.0. The molecule has 35 heavy (non-hydrogen) atoms. The standard InChI is InChI=1S/C29H27N3O3/c1-17-14-15-21(16-18(17)2)30-29(34)27-19(3)26-24(12-7-13-25(26)35-27)31-32-28(33)23-11-6-9-20-8-4-5-10-22(20)23/h4-6,8-11,14-16H,7,12-13H2,1-3H3,(H,30,34)(H,32,33)/b31-24+. The summed E-state index contributed by atoms with van der Waals surface area (Å²) in [5.74, 6) is 0.454. The average Bonchev–Trinajstić information content (AvgIpc) is 3.21. The third-order valence-corrected chi connectivity index (χ3v) is 6.62. The van der Waals surface area contributed by atoms with Gasteiger partial charge in [-0.25, -0.2) is 5.43 Å². The van der Waals surface area contributed by atoms with E-state index in [1.165, 1.54) is 5.56 Å². The van der Waals surface area contributed by atoms with Crippen LogP contribution in [0.4, 0.5) is 5.69 Å². The van der Waals surface area contributed by atoms with Crippen LogP contribution in [-0.2, 0) is 6.42 Å². The van der Waals surface area contributed by atoms with Crippen LogP contribution < -0.4 is 10.7 Å². The number of hydrogen-bond donors (Lipinski definition) is 2. The number of furan rings is 1. The lowest BCUT2D eigenvalue weighted by Crippen LogP contribution is -2.22. The van der Waals surface area contributed by atoms with Crippen molar-refractivity contribution in [2.75, 3.05) is 5.32 Å². The Balaban J connectivity index is 1.40. The maximum Gasteiger partial charge on any atom is 0.291 e. The van der Waals surface area contributed by atoms with Gasteiger partial charge in [-0.3, -0.25) is 9.59 Å². The van der Waals surface area contributed by atoms with Crippen LogP contribution in [0.15, 0.2) is 70.2 Å². The average molecular weight is 466 g/mol. The highest BCUT2D eigenvalue weighted by Crippen LogP contribution is 2.30. The fourth-order valence-electron chi connectivity index (χ4n) is 4.61. The maximum absolute atomic E-state index is 13.0. The molecular formula is C29H27N3O3. The first-order valence-corrected chi connectivity index (χ1v) is 11.8. The second-order valence-corrected chi connectivity index (χ2v) is 8.99. The molecule has 0 saturated carbocycles. The van der Waals surface area contributed by atoms with Gasteiger partial charge in [0.2, 0.25) is 0 Å². The molecular weight excluding hydrogens is 438 g/mol. The zero-order chi connectivity index (χ0) is 24.5. The van der Waals surface area contributed by atoms with E-state index in [4.69, 9.17) is 4.42 Å². The summed E-state index contributed by atoms with van der Waals surface area (Å²) in [7, 11) is 0. The fraction of sp³-hybridized carbons (Fsp3) is 0.207. The van der Waals surface area contributed by atoms with E-state index in [0.29, 0.717) is 12.0 Å². The summed E-state index contributed by atoms with van der Waals surface area (Å²) in [5.41, 5.74) is 8.58. The highest BCUT2D eigenvalue weighted by atomic mass is 16.4. The number of fused-ring (bicyclic) bond motifs is 2. The highest BCUT2D eigenvalue weighted by Gasteiger charge is 2.28. The Labute approximate surface area is 204 Å². The molecule has 1 aliphatic carbocycles. The lowest BCUT2D eigenvalue weighted by atomic mass is 9.93. The van der Waals surface area contributed by atoms with Crippen molar-refractivity contribution in [1.29, 1.82) is 0 Å². The summed E-state index contributed by atoms with van der Waals surface area (Å²) < 4.78 is 6.00. The van der Waals surface area contributed by atoms with Crippen LogP contribution in [0.1, 0.15) is 61.8 Å². The van der Waals surface area contributed by atoms with Gasteiger partial charge in [-0.15, -0.1) is 0 Å². The van der Waals surface area contributed by atoms with Crippen LogP contribution in [0.25, 0.3) is 10.8 Å². The van der Waals surface area contributed by atoms with Gasteiger partial charge in [-0.2, -0.15) is 5.10 Å². The number of nitrogens with zero attached hydrogens (tertiary/aromatic N) is 1. The normalized spacial score (nSPS) is 14.1. The van der Waals surface area contributed by atoms with Crippen LogP contribution in [-0.4, -0.2) is 17.5 Å². The third-order valence-electron chi connectivity index (χ3n) is 6.62. The van der Waals surface area contributed by atoms with Crippen molar-refractivity contribution in [3.8, 4) is 0 Å². The zero-order valence-electron chi connectivity index (χ0n) is 20.1. The Morgan fingerprint density at radius 2 is 1.69 bits per heavy atom. The molecule has 0 fully saturated rings. The summed E-state index contributed by atoms with van der Waals surface area (Å²) in [6.07, 6.45) is 2.26. The molecule has 0 unspecified atom stereocenters. The summed E-state index contributed by atoms with van der Waals surface area (Å²) in [5, 5.41) is 9.28. The molecule has 0 aliphatic heterocycles. The van der Waals surface area contributed by atoms with Crippen LogP contribution in [0.2, 0.25) is 0 Å². The summed E-state index contributed by atoms with van der Waals surface area (Å²) in [6, 6.07) is 19.2. The number of hydrogen-bond acceptors (Lipinski definition) is 4. The quantitative estimate of drug-likeness (QED) is 0.358. The van der Waals surface area contributed by atoms with E-state index in [2.05, 4.69) is 15.8 Å². The molecule has 6 nitrogen and oxygen atoms in total. The topological polar surface area (TPSA) is 83.7 Å². The Kier molecular flexibility index (Phi) is 5.95. The minimum Gasteiger partial charge on any atom is -0.455 e. The molecule has 176 valence electrons. The predicted molar refractivity (Wildman–Crippen MR) is 138 cm³/mol. The van der Waals surface area contributed by atoms with Gasteiger partial charge in [0.25, 0.3) is 11.8 Å². The predicted octanol–water partition coefficient (Wildman–Crippen LogP) is 6.08. The van der Waals surface area contributed by atoms with Gasteiger partial charge in [0.1, 0.15) is 5.76 Å². The zero-order valence-corrected chi connectivity index (χ0v) is 20.1. The van der Waals surface area contributed by atoms with E-state index in [1.54, 1.807) is 6.07 Å². The molecule has 1 aromatic heterocycles. The van der Waals surface area contributed by atoms with Crippen LogP contribution in [0.5, 0.6) is 0 Å². The highest BCUT2D eigenvalue weighted by molar-refractivity contribution is 6.11. The van der Waals surface area contributed by atoms with Crippen LogP contribution >= 0.6 is 0 Å². The number of benzene rings is 3. The minimum atomic E-state index is -0.292. The number of aryl methyl sites for hydroxylation is 3. The van der Waals surface area contributed by atoms with Crippen LogP contribution in [0, 0.1) is 20.8 Å². The van der Waals surface area contributed by atoms with Gasteiger partial charge in [-0.05, 0) is 73.7 Å². The first-order chi connectivity index (χ1) is 16.9. The molecule has 6 heteroatoms. The van der Waals surface area contributed by atoms with Gasteiger partial charge in [0.05, 0.1) is 5.71 Å². The number of hydrazone groups is 1. The van der Waals surface area contributed by atoms with Crippen molar-refractivity contribution < 1.29 is 14.0 Å². The second-order valence-electron chi connectivity index (χ2n) is 8.99. The van der Waals surface area contributed by atoms with E-state index < -0.39 is 0 Å². The molecule has 0 radical (unpaired) electrons. The van der Waals surface area contributed by atoms with Crippen LogP contribution in [0.3, 0.4) is 0 Å². The van der Waals surface area contributed by atoms with Gasteiger partial charge in [0, 0.05) is 28.8 Å². The molecule has 2 N–H and O–H groups in total. The Bertz CT molecular complexity index is 1490. The van der Waals surface area contributed by atoms with Crippen molar-refractivity contribution in [3.63, 3.8) is 0 Å². The summed E-state index contributed by atoms with van der Waals surface area (Å²) >= 11 is 0. The molecule has 0 spiro atoms. The third kappa shape index (κ3) is 4.35. The number of anilines is 1. The largest absolute Gasteiger partial charge is 0.455 e. The molecule has 5 rings (SSSR count). The van der Waals surface area contributed by atoms with Gasteiger partial charge >= 0.3 is 0 Å². The van der Waals surface area contributed by atoms with Gasteiger partial charge < -0.3 is 9.73 Å². The number of carbonyl (C=O) groups is 2. The molecule has 3 aromatic carbocycles. The van der Waals surface area contributed by atoms with E-state index in [-0.39, 0.29) is 17.6 Å². The van der Waals surface area contributed by atoms with Gasteiger partial charge in [-0.1, -0.05) is 42.5 Å². The Morgan fingerprint density at radius 1 is 0.886 bits per heavy atom. The molecule has 0 saturated heterocycles. The smallest absolute Gasteiger partial charge is 0.291 e. The lowest BCUT2D eigenvalue weighted by Gasteiger charge is -2.13. The molecule has 4 aromatic rings. The monoisotopic (exact) mass is 465 g/mol. The number of amides is 2. The number of rotatable bonds is 4. The number of carbonyl (C=O) groups excluding carboxylic acids is 2. The fourth-order valence-corrected chi connectivity index (χ4v) is 4.61. The summed E-state index contributed by atoms with van der Waals surface area (Å²) in [6.45, 7) is 5.91. The van der Waals surface area contributed by atoms with Crippen molar-refractivity contribution in [1.82, 2.24) is 5.43 Å². The van der Waals surface area contributed by atoms with Crippen molar-refractivity contribution in [2.45, 2.75) is 40.0 Å². The molecule has 1 heterocycles. The summed E-state index contributed by atoms with van der Waals surface area (Å²) in [4.78, 5) is 26.0. The SMILES string of the molecule is Cc1ccc(NC(=O)c2oc3c(c2C)/C(=N/NC(=O)c2cccc4ccccc24)CCC3)cc1C. The molecule has 2 amide bonds. The van der Waals surface area contributed by atoms with Crippen molar-refractivity contribution in [2.24, 2.45) is 5.10 Å². The van der Waals surface area contributed by atoms with Crippen molar-refractivity contribution in [3.05, 3.63) is 100 Å². The lowest BCUT2D eigenvalue weighted by molar-refractivity contribution is 0.0955. The number of nitrogens with one attached hydrogen (secondary N) is 2. The second kappa shape index (κ2) is 9.22. The molecule has 1 aliphatic rings.